The van der Waals surface area contributed by atoms with E-state index in [0.717, 1.165) is 6.07 Å². The molecule has 160 valence electrons. The van der Waals surface area contributed by atoms with Gasteiger partial charge in [0.05, 0.1) is 28.0 Å². The average molecular weight is 552 g/mol. The second kappa shape index (κ2) is 8.51. The van der Waals surface area contributed by atoms with E-state index < -0.39 is 10.9 Å². The first-order valence-corrected chi connectivity index (χ1v) is 11.3. The third kappa shape index (κ3) is 4.14. The van der Waals surface area contributed by atoms with Gasteiger partial charge in [-0.25, -0.2) is 4.79 Å². The molecule has 2 amide bonds. The maximum atomic E-state index is 12.9. The summed E-state index contributed by atoms with van der Waals surface area (Å²) >= 11 is 7.13. The highest BCUT2D eigenvalue weighted by Gasteiger charge is 2.52. The minimum Gasteiger partial charge on any atom is -0.423 e. The van der Waals surface area contributed by atoms with E-state index in [2.05, 4.69) is 31.9 Å². The maximum absolute atomic E-state index is 12.9. The van der Waals surface area contributed by atoms with Crippen molar-refractivity contribution in [2.75, 3.05) is 4.90 Å². The van der Waals surface area contributed by atoms with Gasteiger partial charge in [-0.3, -0.25) is 24.6 Å². The molecule has 2 aromatic rings. The second-order valence-corrected chi connectivity index (χ2v) is 9.77. The number of non-ortho nitro benzene ring substituents is 1. The Hall–Kier alpha value is -2.59. The third-order valence-corrected chi connectivity index (χ3v) is 8.24. The molecule has 4 rings (SSSR count). The van der Waals surface area contributed by atoms with Crippen molar-refractivity contribution in [2.45, 2.75) is 22.5 Å². The van der Waals surface area contributed by atoms with Gasteiger partial charge in [0, 0.05) is 21.8 Å². The highest BCUT2D eigenvalue weighted by atomic mass is 79.9. The zero-order chi connectivity index (χ0) is 22.3. The van der Waals surface area contributed by atoms with E-state index in [0.29, 0.717) is 18.5 Å². The summed E-state index contributed by atoms with van der Waals surface area (Å²) in [5.74, 6) is -1.70. The van der Waals surface area contributed by atoms with E-state index in [1.54, 1.807) is 12.1 Å². The van der Waals surface area contributed by atoms with Crippen LogP contribution in [0.25, 0.3) is 0 Å². The summed E-state index contributed by atoms with van der Waals surface area (Å²) in [7, 11) is 0. The summed E-state index contributed by atoms with van der Waals surface area (Å²) in [6.07, 6.45) is 1.17. The van der Waals surface area contributed by atoms with Crippen molar-refractivity contribution in [1.29, 1.82) is 0 Å². The van der Waals surface area contributed by atoms with Gasteiger partial charge in [0.1, 0.15) is 5.75 Å². The van der Waals surface area contributed by atoms with Gasteiger partial charge in [-0.15, -0.1) is 0 Å². The molecule has 0 bridgehead atoms. The Morgan fingerprint density at radius 1 is 1.00 bits per heavy atom. The molecule has 1 saturated carbocycles. The van der Waals surface area contributed by atoms with Gasteiger partial charge >= 0.3 is 5.97 Å². The van der Waals surface area contributed by atoms with Crippen LogP contribution in [0.4, 0.5) is 11.4 Å². The molecular weight excluding hydrogens is 536 g/mol. The third-order valence-electron chi connectivity index (χ3n) is 5.51. The number of alkyl halides is 2. The highest BCUT2D eigenvalue weighted by molar-refractivity contribution is 9.12. The molecule has 1 aliphatic carbocycles. The number of carbonyl (C=O) groups excluding carboxylic acids is 3. The van der Waals surface area contributed by atoms with Crippen LogP contribution in [0.1, 0.15) is 23.2 Å². The zero-order valence-corrected chi connectivity index (χ0v) is 19.1. The Kier molecular flexibility index (Phi) is 5.94. The van der Waals surface area contributed by atoms with Crippen LogP contribution >= 0.6 is 31.9 Å². The lowest BCUT2D eigenvalue weighted by molar-refractivity contribution is -0.384. The Morgan fingerprint density at radius 2 is 1.58 bits per heavy atom. The van der Waals surface area contributed by atoms with Gasteiger partial charge in [-0.2, -0.15) is 0 Å². The number of esters is 1. The topological polar surface area (TPSA) is 107 Å². The van der Waals surface area contributed by atoms with Crippen LogP contribution in [0, 0.1) is 22.0 Å². The molecule has 2 aromatic carbocycles. The lowest BCUT2D eigenvalue weighted by Crippen LogP contribution is -2.34. The van der Waals surface area contributed by atoms with Crippen LogP contribution in [-0.4, -0.2) is 32.4 Å². The molecular formula is C21H16Br2N2O6. The molecule has 31 heavy (non-hydrogen) atoms. The Morgan fingerprint density at radius 3 is 2.13 bits per heavy atom. The van der Waals surface area contributed by atoms with Crippen LogP contribution in [0.5, 0.6) is 5.75 Å². The fourth-order valence-electron chi connectivity index (χ4n) is 3.93. The molecule has 0 spiro atoms. The fourth-order valence-corrected chi connectivity index (χ4v) is 5.16. The van der Waals surface area contributed by atoms with Crippen molar-refractivity contribution < 1.29 is 24.0 Å². The van der Waals surface area contributed by atoms with Gasteiger partial charge in [0.2, 0.25) is 11.8 Å². The number of rotatable bonds is 4. The number of benzene rings is 2. The minimum absolute atomic E-state index is 0.0425. The van der Waals surface area contributed by atoms with E-state index in [4.69, 9.17) is 4.74 Å². The first kappa shape index (κ1) is 21.6. The molecule has 4 atom stereocenters. The summed E-state index contributed by atoms with van der Waals surface area (Å²) in [4.78, 5) is 49.8. The van der Waals surface area contributed by atoms with E-state index in [1.807, 2.05) is 0 Å². The molecule has 1 heterocycles. The molecule has 0 unspecified atom stereocenters. The van der Waals surface area contributed by atoms with E-state index in [-0.39, 0.29) is 50.3 Å². The Labute approximate surface area is 194 Å². The van der Waals surface area contributed by atoms with Crippen molar-refractivity contribution >= 4 is 61.0 Å². The van der Waals surface area contributed by atoms with Crippen LogP contribution in [0.15, 0.2) is 48.5 Å². The first-order chi connectivity index (χ1) is 14.8. The largest absolute Gasteiger partial charge is 0.423 e. The van der Waals surface area contributed by atoms with Gasteiger partial charge in [0.15, 0.2) is 0 Å². The number of halogens is 2. The lowest BCUT2D eigenvalue weighted by atomic mass is 9.81. The highest BCUT2D eigenvalue weighted by Crippen LogP contribution is 2.44. The molecule has 1 saturated heterocycles. The zero-order valence-electron chi connectivity index (χ0n) is 15.9. The van der Waals surface area contributed by atoms with Crippen molar-refractivity contribution in [3.05, 3.63) is 64.2 Å². The number of nitro benzene ring substituents is 1. The number of hydrogen-bond donors (Lipinski definition) is 0. The minimum atomic E-state index is -0.748. The van der Waals surface area contributed by atoms with Gasteiger partial charge in [-0.05, 0) is 43.2 Å². The molecule has 0 aromatic heterocycles. The summed E-state index contributed by atoms with van der Waals surface area (Å²) in [6.45, 7) is 0. The summed E-state index contributed by atoms with van der Waals surface area (Å²) < 4.78 is 5.27. The number of ether oxygens (including phenoxy) is 1. The number of anilines is 1. The van der Waals surface area contributed by atoms with E-state index in [9.17, 15) is 24.5 Å². The summed E-state index contributed by atoms with van der Waals surface area (Å²) in [5, 5.41) is 10.9. The molecule has 10 heteroatoms. The quantitative estimate of drug-likeness (QED) is 0.140. The number of nitro groups is 1. The van der Waals surface area contributed by atoms with Crippen molar-refractivity contribution in [1.82, 2.24) is 0 Å². The van der Waals surface area contributed by atoms with Crippen LogP contribution in [0.2, 0.25) is 0 Å². The average Bonchev–Trinajstić information content (AvgIpc) is 2.99. The number of carbonyl (C=O) groups is 3. The molecule has 2 fully saturated rings. The van der Waals surface area contributed by atoms with Crippen LogP contribution < -0.4 is 9.64 Å². The van der Waals surface area contributed by atoms with Crippen LogP contribution in [-0.2, 0) is 9.59 Å². The van der Waals surface area contributed by atoms with Crippen LogP contribution in [0.3, 0.4) is 0 Å². The van der Waals surface area contributed by atoms with Crippen molar-refractivity contribution in [3.8, 4) is 5.75 Å². The second-order valence-electron chi connectivity index (χ2n) is 7.42. The van der Waals surface area contributed by atoms with E-state index >= 15 is 0 Å². The molecule has 0 N–H and O–H groups in total. The number of nitrogens with zero attached hydrogens (tertiary/aromatic N) is 2. The van der Waals surface area contributed by atoms with E-state index in [1.165, 1.54) is 35.2 Å². The number of fused-ring (bicyclic) bond motifs is 1. The molecule has 8 nitrogen and oxygen atoms in total. The lowest BCUT2D eigenvalue weighted by Gasteiger charge is -2.29. The number of amides is 2. The predicted octanol–water partition coefficient (Wildman–Crippen LogP) is 4.24. The normalized spacial score (nSPS) is 25.3. The van der Waals surface area contributed by atoms with Crippen molar-refractivity contribution in [3.63, 3.8) is 0 Å². The maximum Gasteiger partial charge on any atom is 0.343 e. The SMILES string of the molecule is O=C(Oc1ccc(N2C(=O)[C@@H]3C[C@@H](Br)[C@@H](Br)C[C@H]3C2=O)cc1)c1cccc([N+](=O)[O-])c1. The van der Waals surface area contributed by atoms with Crippen molar-refractivity contribution in [2.24, 2.45) is 11.8 Å². The Bertz CT molecular complexity index is 1050. The summed E-state index contributed by atoms with van der Waals surface area (Å²) in [6, 6.07) is 11.3. The predicted molar refractivity (Wildman–Crippen MR) is 119 cm³/mol. The molecule has 0 radical (unpaired) electrons. The first-order valence-electron chi connectivity index (χ1n) is 9.49. The number of imide groups is 1. The van der Waals surface area contributed by atoms with Gasteiger partial charge in [0.25, 0.3) is 5.69 Å². The standard InChI is InChI=1S/C21H16Br2N2O6/c22-17-9-15-16(10-18(17)23)20(27)24(19(15)26)12-4-6-14(7-5-12)31-21(28)11-2-1-3-13(8-11)25(29)30/h1-8,15-18H,9-10H2/t15-,16-,17-,18+/m1/s1. The molecule has 2 aliphatic rings. The smallest absolute Gasteiger partial charge is 0.343 e. The number of hydrogen-bond acceptors (Lipinski definition) is 6. The van der Waals surface area contributed by atoms with Gasteiger partial charge < -0.3 is 4.74 Å². The monoisotopic (exact) mass is 550 g/mol. The van der Waals surface area contributed by atoms with Gasteiger partial charge in [-0.1, -0.05) is 37.9 Å². The molecule has 1 aliphatic heterocycles. The fraction of sp³-hybridized carbons (Fsp3) is 0.286. The Balaban J connectivity index is 1.49. The summed E-state index contributed by atoms with van der Waals surface area (Å²) in [5.41, 5.74) is 0.242.